The van der Waals surface area contributed by atoms with E-state index in [2.05, 4.69) is 60.9 Å². The van der Waals surface area contributed by atoms with Crippen LogP contribution in [0.2, 0.25) is 0 Å². The number of nitrogens with zero attached hydrogens (tertiary/aromatic N) is 4. The van der Waals surface area contributed by atoms with Crippen molar-refractivity contribution in [3.05, 3.63) is 65.4 Å². The van der Waals surface area contributed by atoms with Gasteiger partial charge in [-0.3, -0.25) is 0 Å². The third-order valence-corrected chi connectivity index (χ3v) is 6.72. The molecule has 2 aromatic carbocycles. The summed E-state index contributed by atoms with van der Waals surface area (Å²) in [5.41, 5.74) is 3.38. The Morgan fingerprint density at radius 1 is 1.03 bits per heavy atom. The summed E-state index contributed by atoms with van der Waals surface area (Å²) >= 11 is 0. The van der Waals surface area contributed by atoms with Gasteiger partial charge in [-0.1, -0.05) is 32.9 Å². The normalized spacial score (nSPS) is 15.7. The molecule has 0 radical (unpaired) electrons. The molecule has 1 saturated heterocycles. The van der Waals surface area contributed by atoms with Crippen molar-refractivity contribution >= 4 is 23.1 Å². The van der Waals surface area contributed by atoms with Crippen LogP contribution in [0, 0.1) is 18.6 Å². The van der Waals surface area contributed by atoms with E-state index >= 15 is 0 Å². The summed E-state index contributed by atoms with van der Waals surface area (Å²) in [6, 6.07) is 11.2. The summed E-state index contributed by atoms with van der Waals surface area (Å²) in [6.45, 7) is 14.4. The Labute approximate surface area is 212 Å². The molecule has 1 fully saturated rings. The molecule has 3 aromatic rings. The number of anilines is 4. The maximum absolute atomic E-state index is 14.8. The summed E-state index contributed by atoms with van der Waals surface area (Å²) in [6.07, 6.45) is 1.21. The van der Waals surface area contributed by atoms with Crippen LogP contribution in [0.25, 0.3) is 0 Å². The van der Waals surface area contributed by atoms with E-state index < -0.39 is 11.6 Å². The Bertz CT molecular complexity index is 1260. The lowest BCUT2D eigenvalue weighted by molar-refractivity contribution is 0.384. The van der Waals surface area contributed by atoms with Gasteiger partial charge in [0.1, 0.15) is 0 Å². The number of methoxy groups -OCH3 is 1. The average Bonchev–Trinajstić information content (AvgIpc) is 2.80. The molecule has 192 valence electrons. The summed E-state index contributed by atoms with van der Waals surface area (Å²) in [5, 5.41) is 3.19. The van der Waals surface area contributed by atoms with Crippen LogP contribution in [0.15, 0.2) is 42.6 Å². The molecule has 36 heavy (non-hydrogen) atoms. The first-order valence-electron chi connectivity index (χ1n) is 12.2. The maximum Gasteiger partial charge on any atom is 0.227 e. The highest BCUT2D eigenvalue weighted by Crippen LogP contribution is 2.33. The number of hydrogen-bond acceptors (Lipinski definition) is 6. The fraction of sp³-hybridized carbons (Fsp3) is 0.429. The van der Waals surface area contributed by atoms with Gasteiger partial charge in [0, 0.05) is 37.1 Å². The summed E-state index contributed by atoms with van der Waals surface area (Å²) in [7, 11) is 1.45. The predicted molar refractivity (Wildman–Crippen MR) is 142 cm³/mol. The van der Waals surface area contributed by atoms with Crippen LogP contribution in [0.1, 0.15) is 45.7 Å². The number of hydrogen-bond donors (Lipinski definition) is 1. The van der Waals surface area contributed by atoms with Crippen molar-refractivity contribution in [2.24, 2.45) is 0 Å². The van der Waals surface area contributed by atoms with Gasteiger partial charge in [-0.15, -0.1) is 0 Å². The van der Waals surface area contributed by atoms with Crippen molar-refractivity contribution < 1.29 is 13.5 Å². The fourth-order valence-corrected chi connectivity index (χ4v) is 4.58. The quantitative estimate of drug-likeness (QED) is 0.454. The number of benzene rings is 2. The van der Waals surface area contributed by atoms with Crippen LogP contribution in [0.4, 0.5) is 31.9 Å². The van der Waals surface area contributed by atoms with Gasteiger partial charge in [-0.2, -0.15) is 4.98 Å². The maximum atomic E-state index is 14.8. The lowest BCUT2D eigenvalue weighted by atomic mass is 9.86. The van der Waals surface area contributed by atoms with E-state index in [1.54, 1.807) is 6.07 Å². The van der Waals surface area contributed by atoms with Crippen molar-refractivity contribution in [1.29, 1.82) is 0 Å². The standard InChI is InChI=1S/C28H35F2N5O/c1-18-8-9-19(27(2,3)4)14-23(18)32-25-22(30)16-31-26(33-25)34-12-13-35(28(5,6)17-34)20-10-11-24(36-7)21(29)15-20/h8-11,14-16H,12-13,17H2,1-7H3,(H,31,32,33). The average molecular weight is 496 g/mol. The molecule has 0 spiro atoms. The van der Waals surface area contributed by atoms with E-state index in [0.717, 1.165) is 22.5 Å². The summed E-state index contributed by atoms with van der Waals surface area (Å²) in [5.74, 6) is -0.0791. The number of halogens is 2. The molecule has 0 unspecified atom stereocenters. The molecular formula is C28H35F2N5O. The third-order valence-electron chi connectivity index (χ3n) is 6.72. The van der Waals surface area contributed by atoms with Gasteiger partial charge < -0.3 is 19.9 Å². The number of aromatic nitrogens is 2. The Kier molecular flexibility index (Phi) is 6.82. The van der Waals surface area contributed by atoms with Crippen molar-refractivity contribution in [2.45, 2.75) is 52.5 Å². The number of piperazine rings is 1. The van der Waals surface area contributed by atoms with Crippen LogP contribution in [0.5, 0.6) is 5.75 Å². The van der Waals surface area contributed by atoms with Gasteiger partial charge in [0.2, 0.25) is 5.95 Å². The molecule has 8 heteroatoms. The van der Waals surface area contributed by atoms with Crippen LogP contribution in [-0.2, 0) is 5.41 Å². The van der Waals surface area contributed by atoms with Gasteiger partial charge in [0.25, 0.3) is 0 Å². The predicted octanol–water partition coefficient (Wildman–Crippen LogP) is 6.22. The zero-order chi connectivity index (χ0) is 26.3. The first-order valence-corrected chi connectivity index (χ1v) is 12.2. The smallest absolute Gasteiger partial charge is 0.227 e. The van der Waals surface area contributed by atoms with Crippen molar-refractivity contribution in [1.82, 2.24) is 9.97 Å². The van der Waals surface area contributed by atoms with Crippen molar-refractivity contribution in [2.75, 3.05) is 41.9 Å². The van der Waals surface area contributed by atoms with E-state index in [0.29, 0.717) is 25.6 Å². The number of nitrogens with one attached hydrogen (secondary N) is 1. The number of aryl methyl sites for hydroxylation is 1. The highest BCUT2D eigenvalue weighted by atomic mass is 19.1. The first-order chi connectivity index (χ1) is 16.9. The zero-order valence-electron chi connectivity index (χ0n) is 22.1. The zero-order valence-corrected chi connectivity index (χ0v) is 22.1. The van der Waals surface area contributed by atoms with Gasteiger partial charge in [0.15, 0.2) is 23.2 Å². The molecule has 0 bridgehead atoms. The molecule has 1 aliphatic rings. The molecule has 1 N–H and O–H groups in total. The van der Waals surface area contributed by atoms with E-state index in [4.69, 9.17) is 4.74 Å². The highest BCUT2D eigenvalue weighted by molar-refractivity contribution is 5.63. The van der Waals surface area contributed by atoms with E-state index in [1.807, 2.05) is 30.0 Å². The highest BCUT2D eigenvalue weighted by Gasteiger charge is 2.35. The fourth-order valence-electron chi connectivity index (χ4n) is 4.58. The minimum absolute atomic E-state index is 0.0302. The van der Waals surface area contributed by atoms with Gasteiger partial charge in [0.05, 0.1) is 18.8 Å². The van der Waals surface area contributed by atoms with Crippen molar-refractivity contribution in [3.63, 3.8) is 0 Å². The molecule has 6 nitrogen and oxygen atoms in total. The SMILES string of the molecule is COc1ccc(N2CCN(c3ncc(F)c(Nc4cc(C(C)(C)C)ccc4C)n3)CC2(C)C)cc1F. The minimum Gasteiger partial charge on any atom is -0.494 e. The van der Waals surface area contributed by atoms with E-state index in [1.165, 1.54) is 19.4 Å². The van der Waals surface area contributed by atoms with Crippen LogP contribution < -0.4 is 19.9 Å². The summed E-state index contributed by atoms with van der Waals surface area (Å²) < 4.78 is 34.2. The van der Waals surface area contributed by atoms with Gasteiger partial charge in [-0.05, 0) is 55.5 Å². The lowest BCUT2D eigenvalue weighted by Gasteiger charge is -2.48. The second-order valence-corrected chi connectivity index (χ2v) is 11.0. The third kappa shape index (κ3) is 5.22. The Morgan fingerprint density at radius 2 is 1.78 bits per heavy atom. The molecule has 1 aliphatic heterocycles. The molecule has 0 atom stereocenters. The minimum atomic E-state index is -0.508. The second kappa shape index (κ2) is 9.56. The molecular weight excluding hydrogens is 460 g/mol. The molecule has 1 aromatic heterocycles. The van der Waals surface area contributed by atoms with Crippen LogP contribution in [-0.4, -0.2) is 42.3 Å². The largest absolute Gasteiger partial charge is 0.494 e. The molecule has 4 rings (SSSR count). The topological polar surface area (TPSA) is 53.5 Å². The molecule has 2 heterocycles. The second-order valence-electron chi connectivity index (χ2n) is 11.0. The summed E-state index contributed by atoms with van der Waals surface area (Å²) in [4.78, 5) is 13.1. The van der Waals surface area contributed by atoms with Gasteiger partial charge >= 0.3 is 0 Å². The van der Waals surface area contributed by atoms with Crippen molar-refractivity contribution in [3.8, 4) is 5.75 Å². The van der Waals surface area contributed by atoms with E-state index in [9.17, 15) is 8.78 Å². The van der Waals surface area contributed by atoms with E-state index in [-0.39, 0.29) is 22.5 Å². The van der Waals surface area contributed by atoms with Gasteiger partial charge in [-0.25, -0.2) is 13.8 Å². The molecule has 0 aliphatic carbocycles. The molecule has 0 saturated carbocycles. The number of ether oxygens (including phenoxy) is 1. The van der Waals surface area contributed by atoms with Crippen LogP contribution >= 0.6 is 0 Å². The Balaban J connectivity index is 1.56. The number of rotatable bonds is 5. The Morgan fingerprint density at radius 3 is 2.42 bits per heavy atom. The first kappa shape index (κ1) is 25.7. The molecule has 0 amide bonds. The Hall–Kier alpha value is -3.42. The lowest BCUT2D eigenvalue weighted by Crippen LogP contribution is -2.60. The monoisotopic (exact) mass is 495 g/mol. The van der Waals surface area contributed by atoms with Crippen LogP contribution in [0.3, 0.4) is 0 Å².